The van der Waals surface area contributed by atoms with Crippen LogP contribution in [0.4, 0.5) is 0 Å². The predicted molar refractivity (Wildman–Crippen MR) is 59.8 cm³/mol. The van der Waals surface area contributed by atoms with Crippen molar-refractivity contribution in [1.82, 2.24) is 19.7 Å². The van der Waals surface area contributed by atoms with Gasteiger partial charge in [-0.3, -0.25) is 4.90 Å². The van der Waals surface area contributed by atoms with E-state index in [0.717, 1.165) is 44.8 Å². The van der Waals surface area contributed by atoms with Gasteiger partial charge in [-0.2, -0.15) is 5.10 Å². The number of rotatable bonds is 3. The molecule has 1 fully saturated rings. The van der Waals surface area contributed by atoms with E-state index < -0.39 is 0 Å². The van der Waals surface area contributed by atoms with Crippen LogP contribution in [0.2, 0.25) is 0 Å². The highest BCUT2D eigenvalue weighted by Gasteiger charge is 2.18. The third-order valence-electron chi connectivity index (χ3n) is 2.88. The van der Waals surface area contributed by atoms with E-state index in [1.165, 1.54) is 0 Å². The van der Waals surface area contributed by atoms with E-state index in [4.69, 9.17) is 11.6 Å². The molecular weight excluding hydrogens is 212 g/mol. The highest BCUT2D eigenvalue weighted by Crippen LogP contribution is 2.16. The van der Waals surface area contributed by atoms with Crippen LogP contribution in [-0.4, -0.2) is 38.1 Å². The summed E-state index contributed by atoms with van der Waals surface area (Å²) in [4.78, 5) is 6.68. The number of nitrogens with zero attached hydrogens (tertiary/aromatic N) is 4. The molecule has 0 N–H and O–H groups in total. The Morgan fingerprint density at radius 2 is 2.20 bits per heavy atom. The first-order chi connectivity index (χ1) is 7.29. The molecule has 0 atom stereocenters. The Morgan fingerprint density at radius 3 is 2.87 bits per heavy atom. The minimum Gasteiger partial charge on any atom is -0.296 e. The van der Waals surface area contributed by atoms with Crippen molar-refractivity contribution in [3.05, 3.63) is 12.2 Å². The SMILES string of the molecule is CCn1ncnc1CN1CCC(Cl)CC1. The van der Waals surface area contributed by atoms with E-state index in [-0.39, 0.29) is 0 Å². The average molecular weight is 229 g/mol. The Morgan fingerprint density at radius 1 is 1.47 bits per heavy atom. The number of likely N-dealkylation sites (tertiary alicyclic amines) is 1. The molecule has 5 heteroatoms. The molecule has 1 aromatic rings. The smallest absolute Gasteiger partial charge is 0.140 e. The Bertz CT molecular complexity index is 304. The molecule has 0 aliphatic carbocycles. The second-order valence-electron chi connectivity index (χ2n) is 3.94. The molecule has 0 amide bonds. The minimum atomic E-state index is 0.366. The first-order valence-electron chi connectivity index (χ1n) is 5.52. The van der Waals surface area contributed by atoms with Crippen LogP contribution in [0.25, 0.3) is 0 Å². The van der Waals surface area contributed by atoms with Crippen molar-refractivity contribution < 1.29 is 0 Å². The fraction of sp³-hybridized carbons (Fsp3) is 0.800. The van der Waals surface area contributed by atoms with Gasteiger partial charge in [0.2, 0.25) is 0 Å². The molecule has 1 aliphatic rings. The van der Waals surface area contributed by atoms with Crippen molar-refractivity contribution in [2.24, 2.45) is 0 Å². The summed E-state index contributed by atoms with van der Waals surface area (Å²) in [6.45, 7) is 6.03. The van der Waals surface area contributed by atoms with Gasteiger partial charge in [0, 0.05) is 25.0 Å². The Hall–Kier alpha value is -0.610. The molecule has 1 saturated heterocycles. The number of piperidine rings is 1. The summed E-state index contributed by atoms with van der Waals surface area (Å²) in [5.41, 5.74) is 0. The van der Waals surface area contributed by atoms with Crippen LogP contribution in [0.15, 0.2) is 6.33 Å². The second-order valence-corrected chi connectivity index (χ2v) is 4.56. The van der Waals surface area contributed by atoms with Crippen LogP contribution in [0.3, 0.4) is 0 Å². The summed E-state index contributed by atoms with van der Waals surface area (Å²) < 4.78 is 1.95. The van der Waals surface area contributed by atoms with Gasteiger partial charge in [-0.1, -0.05) is 0 Å². The number of aryl methyl sites for hydroxylation is 1. The maximum Gasteiger partial charge on any atom is 0.140 e. The number of alkyl halides is 1. The van der Waals surface area contributed by atoms with Gasteiger partial charge in [0.15, 0.2) is 0 Å². The molecule has 2 heterocycles. The van der Waals surface area contributed by atoms with Crippen LogP contribution in [0.1, 0.15) is 25.6 Å². The molecular formula is C10H17ClN4. The summed E-state index contributed by atoms with van der Waals surface area (Å²) in [7, 11) is 0. The lowest BCUT2D eigenvalue weighted by Crippen LogP contribution is -2.34. The zero-order valence-electron chi connectivity index (χ0n) is 9.06. The first-order valence-corrected chi connectivity index (χ1v) is 5.96. The second kappa shape index (κ2) is 4.94. The molecule has 1 aliphatic heterocycles. The molecule has 0 aromatic carbocycles. The lowest BCUT2D eigenvalue weighted by Gasteiger charge is -2.28. The lowest BCUT2D eigenvalue weighted by atomic mass is 10.1. The van der Waals surface area contributed by atoms with Crippen LogP contribution in [0, 0.1) is 0 Å². The fourth-order valence-corrected chi connectivity index (χ4v) is 2.13. The number of hydrogen-bond donors (Lipinski definition) is 0. The zero-order valence-corrected chi connectivity index (χ0v) is 9.82. The largest absolute Gasteiger partial charge is 0.296 e. The monoisotopic (exact) mass is 228 g/mol. The van der Waals surface area contributed by atoms with E-state index in [2.05, 4.69) is 21.9 Å². The predicted octanol–water partition coefficient (Wildman–Crippen LogP) is 1.50. The molecule has 2 rings (SSSR count). The molecule has 84 valence electrons. The van der Waals surface area contributed by atoms with Gasteiger partial charge in [-0.05, 0) is 19.8 Å². The van der Waals surface area contributed by atoms with Gasteiger partial charge in [-0.15, -0.1) is 11.6 Å². The van der Waals surface area contributed by atoms with E-state index >= 15 is 0 Å². The summed E-state index contributed by atoms with van der Waals surface area (Å²) in [6.07, 6.45) is 3.80. The quantitative estimate of drug-likeness (QED) is 0.736. The minimum absolute atomic E-state index is 0.366. The van der Waals surface area contributed by atoms with Crippen LogP contribution >= 0.6 is 11.6 Å². The normalized spacial score (nSPS) is 19.6. The van der Waals surface area contributed by atoms with Crippen molar-refractivity contribution in [1.29, 1.82) is 0 Å². The number of hydrogen-bond acceptors (Lipinski definition) is 3. The summed E-state index contributed by atoms with van der Waals surface area (Å²) in [5.74, 6) is 1.06. The molecule has 0 saturated carbocycles. The van der Waals surface area contributed by atoms with Gasteiger partial charge < -0.3 is 0 Å². The first kappa shape index (κ1) is 10.9. The molecule has 1 aromatic heterocycles. The van der Waals surface area contributed by atoms with Crippen molar-refractivity contribution in [3.63, 3.8) is 0 Å². The van der Waals surface area contributed by atoms with Crippen molar-refractivity contribution in [2.75, 3.05) is 13.1 Å². The number of aromatic nitrogens is 3. The van der Waals surface area contributed by atoms with Gasteiger partial charge in [0.1, 0.15) is 12.2 Å². The van der Waals surface area contributed by atoms with Crippen LogP contribution < -0.4 is 0 Å². The Kier molecular flexibility index (Phi) is 3.59. The van der Waals surface area contributed by atoms with Crippen LogP contribution in [0.5, 0.6) is 0 Å². The van der Waals surface area contributed by atoms with Crippen LogP contribution in [-0.2, 0) is 13.1 Å². The van der Waals surface area contributed by atoms with E-state index in [0.29, 0.717) is 5.38 Å². The molecule has 0 unspecified atom stereocenters. The fourth-order valence-electron chi connectivity index (χ4n) is 1.93. The Labute approximate surface area is 95.2 Å². The average Bonchev–Trinajstić information content (AvgIpc) is 2.69. The maximum absolute atomic E-state index is 6.06. The van der Waals surface area contributed by atoms with Crippen molar-refractivity contribution in [3.8, 4) is 0 Å². The van der Waals surface area contributed by atoms with Gasteiger partial charge in [0.25, 0.3) is 0 Å². The summed E-state index contributed by atoms with van der Waals surface area (Å²) >= 11 is 6.06. The third kappa shape index (κ3) is 2.69. The van der Waals surface area contributed by atoms with Gasteiger partial charge >= 0.3 is 0 Å². The van der Waals surface area contributed by atoms with Crippen molar-refractivity contribution in [2.45, 2.75) is 38.2 Å². The molecule has 0 bridgehead atoms. The van der Waals surface area contributed by atoms with E-state index in [1.807, 2.05) is 4.68 Å². The van der Waals surface area contributed by atoms with Gasteiger partial charge in [-0.25, -0.2) is 9.67 Å². The van der Waals surface area contributed by atoms with E-state index in [1.54, 1.807) is 6.33 Å². The lowest BCUT2D eigenvalue weighted by molar-refractivity contribution is 0.214. The third-order valence-corrected chi connectivity index (χ3v) is 3.31. The molecule has 15 heavy (non-hydrogen) atoms. The summed E-state index contributed by atoms with van der Waals surface area (Å²) in [6, 6.07) is 0. The molecule has 0 spiro atoms. The topological polar surface area (TPSA) is 34.0 Å². The number of halogens is 1. The zero-order chi connectivity index (χ0) is 10.7. The van der Waals surface area contributed by atoms with E-state index in [9.17, 15) is 0 Å². The van der Waals surface area contributed by atoms with Crippen molar-refractivity contribution >= 4 is 11.6 Å². The molecule has 0 radical (unpaired) electrons. The Balaban J connectivity index is 1.91. The maximum atomic E-state index is 6.06. The molecule has 4 nitrogen and oxygen atoms in total. The highest BCUT2D eigenvalue weighted by atomic mass is 35.5. The standard InChI is InChI=1S/C10H17ClN4/c1-2-15-10(12-8-13-15)7-14-5-3-9(11)4-6-14/h8-9H,2-7H2,1H3. The van der Waals surface area contributed by atoms with Gasteiger partial charge in [0.05, 0.1) is 6.54 Å². The highest BCUT2D eigenvalue weighted by molar-refractivity contribution is 6.20. The summed E-state index contributed by atoms with van der Waals surface area (Å²) in [5, 5.41) is 4.53.